The van der Waals surface area contributed by atoms with Crippen LogP contribution in [0.4, 0.5) is 41.9 Å². The molecule has 484 valence electrons. The van der Waals surface area contributed by atoms with E-state index in [2.05, 4.69) is 49.0 Å². The smallest absolute Gasteiger partial charge is 0.412 e. The van der Waals surface area contributed by atoms with Gasteiger partial charge in [-0.25, -0.2) is 19.2 Å². The van der Waals surface area contributed by atoms with Crippen molar-refractivity contribution in [2.24, 2.45) is 0 Å². The molecule has 1 aliphatic carbocycles. The summed E-state index contributed by atoms with van der Waals surface area (Å²) in [6.07, 6.45) is 8.90. The second kappa shape index (κ2) is 34.5. The summed E-state index contributed by atoms with van der Waals surface area (Å²) in [6.45, 7) is 21.2. The molecule has 4 amide bonds. The molecule has 1 aliphatic rings. The van der Waals surface area contributed by atoms with Gasteiger partial charge in [-0.3, -0.25) is 21.3 Å². The van der Waals surface area contributed by atoms with E-state index in [9.17, 15) is 19.2 Å². The van der Waals surface area contributed by atoms with Crippen LogP contribution in [-0.4, -0.2) is 62.0 Å². The van der Waals surface area contributed by atoms with Gasteiger partial charge in [0.05, 0.1) is 26.4 Å². The van der Waals surface area contributed by atoms with E-state index in [0.29, 0.717) is 117 Å². The summed E-state index contributed by atoms with van der Waals surface area (Å²) in [5, 5.41) is 12.3. The van der Waals surface area contributed by atoms with Crippen molar-refractivity contribution in [2.45, 2.75) is 196 Å². The lowest BCUT2D eigenvalue weighted by atomic mass is 9.90. The number of hydrogen-bond acceptors (Lipinski definition) is 12. The lowest BCUT2D eigenvalue weighted by Crippen LogP contribution is -2.27. The van der Waals surface area contributed by atoms with Crippen LogP contribution in [0.5, 0.6) is 23.0 Å². The fourth-order valence-electron chi connectivity index (χ4n) is 10.6. The number of carbonyl (C=O) groups excluding carboxylic acids is 4. The molecule has 0 saturated carbocycles. The minimum absolute atomic E-state index is 0.0468. The van der Waals surface area contributed by atoms with E-state index in [1.54, 1.807) is 0 Å². The van der Waals surface area contributed by atoms with Gasteiger partial charge in [-0.1, -0.05) is 140 Å². The van der Waals surface area contributed by atoms with Crippen LogP contribution in [0, 0.1) is 0 Å². The Kier molecular flexibility index (Phi) is 26.5. The molecule has 4 N–H and O–H groups in total. The Labute approximate surface area is 533 Å². The van der Waals surface area contributed by atoms with Crippen molar-refractivity contribution in [1.82, 2.24) is 0 Å². The molecule has 0 unspecified atom stereocenters. The van der Waals surface area contributed by atoms with Crippen molar-refractivity contribution in [3.63, 3.8) is 0 Å². The zero-order valence-corrected chi connectivity index (χ0v) is 54.8. The molecule has 16 nitrogen and oxygen atoms in total. The van der Waals surface area contributed by atoms with Crippen molar-refractivity contribution < 1.29 is 57.1 Å². The summed E-state index contributed by atoms with van der Waals surface area (Å²) < 4.78 is 51.7. The van der Waals surface area contributed by atoms with Crippen LogP contribution in [-0.2, 0) is 57.8 Å². The Morgan fingerprint density at radius 2 is 0.578 bits per heavy atom. The van der Waals surface area contributed by atoms with Crippen molar-refractivity contribution in [1.29, 1.82) is 0 Å². The highest BCUT2D eigenvalue weighted by molar-refractivity contribution is 5.88. The lowest BCUT2D eigenvalue weighted by Gasteiger charge is -2.25. The van der Waals surface area contributed by atoms with Gasteiger partial charge >= 0.3 is 24.4 Å². The number of unbranched alkanes of at least 4 members (excludes halogenated alkanes) is 8. The van der Waals surface area contributed by atoms with Crippen LogP contribution >= 0.6 is 0 Å². The van der Waals surface area contributed by atoms with Crippen LogP contribution in [0.3, 0.4) is 0 Å². The average Bonchev–Trinajstić information content (AvgIpc) is 0.855. The minimum Gasteiger partial charge on any atom is -0.493 e. The number of hydrogen-bond donors (Lipinski definition) is 4. The molecule has 16 heteroatoms. The SMILES string of the molecule is CCCCCOc1c2cc(NC(=O)OCc3ccccc3)cc1Cc1cc(NC(=O)OC(C)(C)C)cc(c1OCCCCC)Cc1cc(NC(=O)OC(C)(C)C)cc(c1OCCCCC)Cc1cc(NC(=O)OCc3ccccc3)cc(c1OCCCCC)C2. The largest absolute Gasteiger partial charge is 0.493 e. The second-order valence-corrected chi connectivity index (χ2v) is 25.1. The van der Waals surface area contributed by atoms with E-state index >= 15 is 0 Å². The van der Waals surface area contributed by atoms with Crippen LogP contribution < -0.4 is 40.2 Å². The number of ether oxygens (including phenoxy) is 8. The molecular formula is C74H96N4O12. The number of anilines is 4. The van der Waals surface area contributed by atoms with E-state index in [0.717, 1.165) is 88.2 Å². The Hall–Kier alpha value is -8.40. The number of carbonyl (C=O) groups is 4. The van der Waals surface area contributed by atoms with Crippen molar-refractivity contribution in [2.75, 3.05) is 47.7 Å². The van der Waals surface area contributed by atoms with Gasteiger partial charge in [0, 0.05) is 92.9 Å². The molecule has 0 radical (unpaired) electrons. The van der Waals surface area contributed by atoms with Gasteiger partial charge in [0.25, 0.3) is 0 Å². The predicted molar refractivity (Wildman–Crippen MR) is 357 cm³/mol. The molecule has 0 aromatic heterocycles. The third-order valence-electron chi connectivity index (χ3n) is 14.7. The van der Waals surface area contributed by atoms with E-state index in [1.165, 1.54) is 0 Å². The standard InChI is InChI=1S/C74H96N4O12/c1-11-15-25-33-83-65-53-37-54-42-62(76-70(80)88-50-52-31-23-20-24-32-52)44-56(66(54)84-34-26-16-12-2)39-58-46-64(78-72(82)90-74(8,9)10)48-60(68(58)86-36-28-18-14-4)40-59-47-63(77-71(81)89-73(5,6)7)45-57(67(59)85-35-27-17-13-3)38-55(65)43-61(41-53)75-69(79)87-49-51-29-21-19-22-30-51/h19-24,29-32,41-48H,11-18,25-28,33-40,49-50H2,1-10H3,(H,75,79)(H,76,80)(H,77,81)(H,78,82). The quantitative estimate of drug-likeness (QED) is 0.0269. The predicted octanol–water partition coefficient (Wildman–Crippen LogP) is 18.8. The fraction of sp³-hybridized carbons (Fsp3) is 0.459. The topological polar surface area (TPSA) is 190 Å². The van der Waals surface area contributed by atoms with Gasteiger partial charge < -0.3 is 37.9 Å². The number of rotatable bonds is 28. The average molecular weight is 1230 g/mol. The zero-order valence-electron chi connectivity index (χ0n) is 54.8. The first-order valence-corrected chi connectivity index (χ1v) is 32.4. The Balaban J connectivity index is 1.56. The summed E-state index contributed by atoms with van der Waals surface area (Å²) in [5.74, 6) is 2.38. The van der Waals surface area contributed by atoms with Gasteiger partial charge in [-0.05, 0) is 127 Å². The van der Waals surface area contributed by atoms with E-state index in [1.807, 2.05) is 151 Å². The van der Waals surface area contributed by atoms with Crippen molar-refractivity contribution >= 4 is 47.1 Å². The molecule has 6 aromatic carbocycles. The van der Waals surface area contributed by atoms with E-state index in [4.69, 9.17) is 37.9 Å². The molecule has 7 rings (SSSR count). The maximum Gasteiger partial charge on any atom is 0.412 e. The number of nitrogens with one attached hydrogen (secondary N) is 4. The zero-order chi connectivity index (χ0) is 64.5. The molecule has 6 aromatic rings. The molecule has 0 spiro atoms. The maximum absolute atomic E-state index is 14.0. The fourth-order valence-corrected chi connectivity index (χ4v) is 10.6. The Morgan fingerprint density at radius 3 is 0.800 bits per heavy atom. The highest BCUT2D eigenvalue weighted by Crippen LogP contribution is 2.43. The third kappa shape index (κ3) is 22.6. The maximum atomic E-state index is 14.0. The summed E-state index contributed by atoms with van der Waals surface area (Å²) in [7, 11) is 0. The van der Waals surface area contributed by atoms with Crippen LogP contribution in [0.1, 0.15) is 202 Å². The molecule has 90 heavy (non-hydrogen) atoms. The lowest BCUT2D eigenvalue weighted by molar-refractivity contribution is 0.0624. The molecule has 0 fully saturated rings. The monoisotopic (exact) mass is 1230 g/mol. The van der Waals surface area contributed by atoms with Gasteiger partial charge in [0.2, 0.25) is 0 Å². The number of amides is 4. The first-order valence-electron chi connectivity index (χ1n) is 32.4. The molecular weight excluding hydrogens is 1140 g/mol. The normalized spacial score (nSPS) is 12.0. The molecule has 0 aliphatic heterocycles. The summed E-state index contributed by atoms with van der Waals surface area (Å²) in [5.41, 5.74) is 7.56. The molecule has 0 saturated heterocycles. The van der Waals surface area contributed by atoms with Gasteiger partial charge in [-0.2, -0.15) is 0 Å². The summed E-state index contributed by atoms with van der Waals surface area (Å²) in [6, 6.07) is 34.3. The molecule has 0 heterocycles. The van der Waals surface area contributed by atoms with E-state index in [-0.39, 0.29) is 38.9 Å². The highest BCUT2D eigenvalue weighted by atomic mass is 16.6. The number of benzene rings is 6. The summed E-state index contributed by atoms with van der Waals surface area (Å²) >= 11 is 0. The first kappa shape index (κ1) is 69.1. The number of fused-ring (bicyclic) bond motifs is 8. The Bertz CT molecular complexity index is 3080. The van der Waals surface area contributed by atoms with Crippen LogP contribution in [0.2, 0.25) is 0 Å². The van der Waals surface area contributed by atoms with Crippen molar-refractivity contribution in [3.05, 3.63) is 165 Å². The van der Waals surface area contributed by atoms with Crippen LogP contribution in [0.15, 0.2) is 109 Å². The molecule has 0 atom stereocenters. The molecule has 8 bridgehead atoms. The summed E-state index contributed by atoms with van der Waals surface area (Å²) in [4.78, 5) is 55.9. The first-order chi connectivity index (χ1) is 43.3. The second-order valence-electron chi connectivity index (χ2n) is 25.1. The van der Waals surface area contributed by atoms with Gasteiger partial charge in [-0.15, -0.1) is 0 Å². The minimum atomic E-state index is -0.803. The van der Waals surface area contributed by atoms with Crippen molar-refractivity contribution in [3.8, 4) is 23.0 Å². The highest BCUT2D eigenvalue weighted by Gasteiger charge is 2.28. The Morgan fingerprint density at radius 1 is 0.344 bits per heavy atom. The van der Waals surface area contributed by atoms with Gasteiger partial charge in [0.1, 0.15) is 47.4 Å². The van der Waals surface area contributed by atoms with E-state index < -0.39 is 35.6 Å². The van der Waals surface area contributed by atoms with Gasteiger partial charge in [0.15, 0.2) is 0 Å². The van der Waals surface area contributed by atoms with Crippen LogP contribution in [0.25, 0.3) is 0 Å². The third-order valence-corrected chi connectivity index (χ3v) is 14.7.